The molecule has 1 N–H and O–H groups in total. The Kier molecular flexibility index (Phi) is 3.92. The van der Waals surface area contributed by atoms with Gasteiger partial charge in [-0.15, -0.1) is 11.8 Å². The second-order valence-electron chi connectivity index (χ2n) is 7.15. The van der Waals surface area contributed by atoms with E-state index in [1.807, 2.05) is 0 Å². The number of hydrogen-bond acceptors (Lipinski definition) is 2. The van der Waals surface area contributed by atoms with Crippen LogP contribution in [0.4, 0.5) is 0 Å². The molecule has 1 heterocycles. The van der Waals surface area contributed by atoms with E-state index < -0.39 is 0 Å². The molecular weight excluding hydrogens is 314 g/mol. The fourth-order valence-corrected chi connectivity index (χ4v) is 5.01. The van der Waals surface area contributed by atoms with Crippen molar-refractivity contribution in [3.05, 3.63) is 53.6 Å². The van der Waals surface area contributed by atoms with Crippen LogP contribution in [0.15, 0.2) is 47.4 Å². The second-order valence-corrected chi connectivity index (χ2v) is 8.00. The maximum Gasteiger partial charge on any atom is 0.220 e. The standard InChI is InChI=1S/C21H23NOS/c1-21-12-11-20(23)22-19(21)10-8-15-13-14(7-9-17(15)21)16-5-3-4-6-18(16)24-2/h3-7,9,13,19H,8,10-12H2,1-2H3,(H,22,23)/t19-,21-/m1/s1. The Labute approximate surface area is 148 Å². The van der Waals surface area contributed by atoms with Gasteiger partial charge < -0.3 is 5.32 Å². The van der Waals surface area contributed by atoms with Gasteiger partial charge in [0, 0.05) is 22.8 Å². The Hall–Kier alpha value is -1.74. The molecule has 0 aromatic heterocycles. The molecule has 1 amide bonds. The molecule has 1 aliphatic heterocycles. The summed E-state index contributed by atoms with van der Waals surface area (Å²) in [5.41, 5.74) is 5.60. The number of nitrogens with one attached hydrogen (secondary N) is 1. The average Bonchev–Trinajstić information content (AvgIpc) is 2.62. The molecule has 2 aromatic carbocycles. The Morgan fingerprint density at radius 2 is 2.00 bits per heavy atom. The number of thioether (sulfide) groups is 1. The van der Waals surface area contributed by atoms with Crippen LogP contribution in [-0.4, -0.2) is 18.2 Å². The van der Waals surface area contributed by atoms with Crippen LogP contribution in [0.2, 0.25) is 0 Å². The first-order valence-corrected chi connectivity index (χ1v) is 9.90. The minimum Gasteiger partial charge on any atom is -0.352 e. The largest absolute Gasteiger partial charge is 0.352 e. The molecule has 0 saturated carbocycles. The van der Waals surface area contributed by atoms with E-state index in [-0.39, 0.29) is 17.4 Å². The fourth-order valence-electron chi connectivity index (χ4n) is 4.39. The lowest BCUT2D eigenvalue weighted by molar-refractivity contribution is -0.125. The summed E-state index contributed by atoms with van der Waals surface area (Å²) in [6.07, 6.45) is 5.82. The smallest absolute Gasteiger partial charge is 0.220 e. The third kappa shape index (κ3) is 2.46. The van der Waals surface area contributed by atoms with E-state index in [2.05, 4.69) is 61.0 Å². The minimum atomic E-state index is 0.0824. The number of rotatable bonds is 2. The molecule has 0 unspecified atom stereocenters. The van der Waals surface area contributed by atoms with Crippen LogP contribution >= 0.6 is 11.8 Å². The van der Waals surface area contributed by atoms with Crippen LogP contribution in [-0.2, 0) is 16.6 Å². The van der Waals surface area contributed by atoms with Crippen molar-refractivity contribution in [3.63, 3.8) is 0 Å². The van der Waals surface area contributed by atoms with Crippen molar-refractivity contribution >= 4 is 17.7 Å². The van der Waals surface area contributed by atoms with Crippen molar-refractivity contribution in [1.82, 2.24) is 5.32 Å². The predicted octanol–water partition coefficient (Wildman–Crippen LogP) is 4.56. The predicted molar refractivity (Wildman–Crippen MR) is 100 cm³/mol. The maximum absolute atomic E-state index is 11.8. The van der Waals surface area contributed by atoms with Gasteiger partial charge in [-0.2, -0.15) is 0 Å². The topological polar surface area (TPSA) is 29.1 Å². The molecule has 1 saturated heterocycles. The first-order valence-electron chi connectivity index (χ1n) is 8.68. The Morgan fingerprint density at radius 1 is 1.17 bits per heavy atom. The van der Waals surface area contributed by atoms with Crippen molar-refractivity contribution in [2.24, 2.45) is 0 Å². The lowest BCUT2D eigenvalue weighted by Gasteiger charge is -2.46. The molecule has 0 radical (unpaired) electrons. The third-order valence-electron chi connectivity index (χ3n) is 5.82. The lowest BCUT2D eigenvalue weighted by Crippen LogP contribution is -2.55. The highest BCUT2D eigenvalue weighted by Gasteiger charge is 2.43. The summed E-state index contributed by atoms with van der Waals surface area (Å²) in [6, 6.07) is 15.9. The highest BCUT2D eigenvalue weighted by molar-refractivity contribution is 7.98. The van der Waals surface area contributed by atoms with E-state index in [0.717, 1.165) is 19.3 Å². The Morgan fingerprint density at radius 3 is 2.83 bits per heavy atom. The molecule has 2 aliphatic rings. The van der Waals surface area contributed by atoms with Gasteiger partial charge in [0.15, 0.2) is 0 Å². The van der Waals surface area contributed by atoms with Gasteiger partial charge in [-0.3, -0.25) is 4.79 Å². The summed E-state index contributed by atoms with van der Waals surface area (Å²) >= 11 is 1.80. The molecule has 124 valence electrons. The number of piperidine rings is 1. The van der Waals surface area contributed by atoms with Crippen molar-refractivity contribution in [2.75, 3.05) is 6.26 Å². The number of hydrogen-bond donors (Lipinski definition) is 1. The first-order chi connectivity index (χ1) is 11.6. The summed E-state index contributed by atoms with van der Waals surface area (Å²) in [7, 11) is 0. The molecule has 3 heteroatoms. The van der Waals surface area contributed by atoms with Gasteiger partial charge in [0.2, 0.25) is 5.91 Å². The molecule has 2 nitrogen and oxygen atoms in total. The monoisotopic (exact) mass is 337 g/mol. The van der Waals surface area contributed by atoms with E-state index in [1.54, 1.807) is 11.8 Å². The Balaban J connectivity index is 1.76. The van der Waals surface area contributed by atoms with Gasteiger partial charge in [0.1, 0.15) is 0 Å². The van der Waals surface area contributed by atoms with Gasteiger partial charge in [0.25, 0.3) is 0 Å². The molecule has 4 rings (SSSR count). The molecule has 0 bridgehead atoms. The maximum atomic E-state index is 11.8. The Bertz CT molecular complexity index is 800. The molecule has 24 heavy (non-hydrogen) atoms. The van der Waals surface area contributed by atoms with Gasteiger partial charge in [-0.05, 0) is 53.8 Å². The molecule has 1 fully saturated rings. The zero-order valence-electron chi connectivity index (χ0n) is 14.3. The zero-order chi connectivity index (χ0) is 16.7. The average molecular weight is 337 g/mol. The number of carbonyl (C=O) groups excluding carboxylic acids is 1. The zero-order valence-corrected chi connectivity index (χ0v) is 15.1. The normalized spacial score (nSPS) is 25.6. The highest BCUT2D eigenvalue weighted by Crippen LogP contribution is 2.44. The minimum absolute atomic E-state index is 0.0824. The number of benzene rings is 2. The number of amides is 1. The van der Waals surface area contributed by atoms with Crippen LogP contribution in [0.1, 0.15) is 37.3 Å². The second kappa shape index (κ2) is 5.96. The summed E-state index contributed by atoms with van der Waals surface area (Å²) in [4.78, 5) is 13.1. The molecule has 0 spiro atoms. The van der Waals surface area contributed by atoms with Crippen molar-refractivity contribution in [1.29, 1.82) is 0 Å². The summed E-state index contributed by atoms with van der Waals surface area (Å²) in [5.74, 6) is 0.214. The number of aryl methyl sites for hydroxylation is 1. The van der Waals surface area contributed by atoms with E-state index in [0.29, 0.717) is 6.42 Å². The van der Waals surface area contributed by atoms with E-state index in [1.165, 1.54) is 27.1 Å². The summed E-state index contributed by atoms with van der Waals surface area (Å²) in [6.45, 7) is 2.32. The van der Waals surface area contributed by atoms with E-state index >= 15 is 0 Å². The van der Waals surface area contributed by atoms with Crippen LogP contribution < -0.4 is 5.32 Å². The molecular formula is C21H23NOS. The van der Waals surface area contributed by atoms with Gasteiger partial charge >= 0.3 is 0 Å². The highest BCUT2D eigenvalue weighted by atomic mass is 32.2. The van der Waals surface area contributed by atoms with Crippen LogP contribution in [0.5, 0.6) is 0 Å². The lowest BCUT2D eigenvalue weighted by atomic mass is 9.64. The molecule has 2 atom stereocenters. The number of carbonyl (C=O) groups is 1. The van der Waals surface area contributed by atoms with Crippen molar-refractivity contribution < 1.29 is 4.79 Å². The van der Waals surface area contributed by atoms with Gasteiger partial charge in [-0.25, -0.2) is 0 Å². The van der Waals surface area contributed by atoms with Crippen molar-refractivity contribution in [2.45, 2.75) is 49.0 Å². The fraction of sp³-hybridized carbons (Fsp3) is 0.381. The third-order valence-corrected chi connectivity index (χ3v) is 6.61. The molecule has 2 aromatic rings. The van der Waals surface area contributed by atoms with Crippen molar-refractivity contribution in [3.8, 4) is 11.1 Å². The van der Waals surface area contributed by atoms with E-state index in [9.17, 15) is 4.79 Å². The summed E-state index contributed by atoms with van der Waals surface area (Å²) in [5, 5.41) is 3.22. The summed E-state index contributed by atoms with van der Waals surface area (Å²) < 4.78 is 0. The molecule has 1 aliphatic carbocycles. The van der Waals surface area contributed by atoms with Crippen LogP contribution in [0, 0.1) is 0 Å². The quantitative estimate of drug-likeness (QED) is 0.814. The van der Waals surface area contributed by atoms with Crippen LogP contribution in [0.3, 0.4) is 0 Å². The first kappa shape index (κ1) is 15.8. The number of fused-ring (bicyclic) bond motifs is 3. The van der Waals surface area contributed by atoms with E-state index in [4.69, 9.17) is 0 Å². The van der Waals surface area contributed by atoms with Gasteiger partial charge in [0.05, 0.1) is 0 Å². The SMILES string of the molecule is CSc1ccccc1-c1ccc2c(c1)CC[C@H]1NC(=O)CC[C@]21C. The van der Waals surface area contributed by atoms with Crippen LogP contribution in [0.25, 0.3) is 11.1 Å². The van der Waals surface area contributed by atoms with Gasteiger partial charge in [-0.1, -0.05) is 43.3 Å².